The molecule has 0 bridgehead atoms. The van der Waals surface area contributed by atoms with Crippen LogP contribution >= 0.6 is 0 Å². The molecule has 1 fully saturated rings. The van der Waals surface area contributed by atoms with Gasteiger partial charge < -0.3 is 9.84 Å². The highest BCUT2D eigenvalue weighted by molar-refractivity contribution is 7.89. The van der Waals surface area contributed by atoms with E-state index in [-0.39, 0.29) is 10.3 Å². The predicted octanol–water partition coefficient (Wildman–Crippen LogP) is 1.83. The van der Waals surface area contributed by atoms with Crippen LogP contribution in [0, 0.1) is 5.41 Å². The smallest absolute Gasteiger partial charge is 0.240 e. The summed E-state index contributed by atoms with van der Waals surface area (Å²) in [6.07, 6.45) is 2.26. The van der Waals surface area contributed by atoms with Crippen LogP contribution in [0.1, 0.15) is 37.9 Å². The SMILES string of the molecule is COCCC1(CNS(=O)(=O)c2cccc(C(C)O)c2)CC1. The first-order chi connectivity index (χ1) is 9.88. The van der Waals surface area contributed by atoms with Gasteiger partial charge in [0.25, 0.3) is 0 Å². The molecular weight excluding hydrogens is 290 g/mol. The zero-order valence-electron chi connectivity index (χ0n) is 12.5. The normalized spacial score (nSPS) is 18.4. The molecule has 1 atom stereocenters. The first kappa shape index (κ1) is 16.4. The zero-order valence-corrected chi connectivity index (χ0v) is 13.3. The van der Waals surface area contributed by atoms with Crippen molar-refractivity contribution in [2.24, 2.45) is 5.41 Å². The second kappa shape index (κ2) is 6.44. The van der Waals surface area contributed by atoms with Crippen molar-refractivity contribution in [3.05, 3.63) is 29.8 Å². The molecule has 2 rings (SSSR count). The highest BCUT2D eigenvalue weighted by Crippen LogP contribution is 2.48. The summed E-state index contributed by atoms with van der Waals surface area (Å²) in [5, 5.41) is 9.55. The summed E-state index contributed by atoms with van der Waals surface area (Å²) >= 11 is 0. The van der Waals surface area contributed by atoms with Gasteiger partial charge in [0.1, 0.15) is 0 Å². The molecule has 1 aromatic carbocycles. The third-order valence-corrected chi connectivity index (χ3v) is 5.48. The number of benzene rings is 1. The third kappa shape index (κ3) is 4.26. The second-order valence-electron chi connectivity index (χ2n) is 5.82. The maximum absolute atomic E-state index is 12.3. The van der Waals surface area contributed by atoms with Gasteiger partial charge in [0, 0.05) is 20.3 Å². The lowest BCUT2D eigenvalue weighted by Crippen LogP contribution is -2.31. The number of hydrogen-bond acceptors (Lipinski definition) is 4. The minimum Gasteiger partial charge on any atom is -0.389 e. The van der Waals surface area contributed by atoms with E-state index in [9.17, 15) is 13.5 Å². The van der Waals surface area contributed by atoms with Gasteiger partial charge in [-0.05, 0) is 49.3 Å². The number of aliphatic hydroxyl groups excluding tert-OH is 1. The zero-order chi connectivity index (χ0) is 15.5. The van der Waals surface area contributed by atoms with Crippen molar-refractivity contribution in [2.75, 3.05) is 20.3 Å². The lowest BCUT2D eigenvalue weighted by atomic mass is 10.0. The van der Waals surface area contributed by atoms with Gasteiger partial charge in [-0.3, -0.25) is 0 Å². The Hall–Kier alpha value is -0.950. The van der Waals surface area contributed by atoms with Gasteiger partial charge in [-0.25, -0.2) is 13.1 Å². The van der Waals surface area contributed by atoms with Crippen LogP contribution in [0.3, 0.4) is 0 Å². The molecule has 0 aromatic heterocycles. The third-order valence-electron chi connectivity index (χ3n) is 4.08. The summed E-state index contributed by atoms with van der Waals surface area (Å²) < 4.78 is 32.4. The Bertz CT molecular complexity index is 579. The highest BCUT2D eigenvalue weighted by Gasteiger charge is 2.42. The first-order valence-corrected chi connectivity index (χ1v) is 8.64. The van der Waals surface area contributed by atoms with Crippen LogP contribution < -0.4 is 4.72 Å². The molecule has 0 saturated heterocycles. The monoisotopic (exact) mass is 313 g/mol. The van der Waals surface area contributed by atoms with E-state index >= 15 is 0 Å². The van der Waals surface area contributed by atoms with Gasteiger partial charge in [0.15, 0.2) is 0 Å². The van der Waals surface area contributed by atoms with Crippen molar-refractivity contribution < 1.29 is 18.3 Å². The van der Waals surface area contributed by atoms with Crippen LogP contribution in [0.5, 0.6) is 0 Å². The van der Waals surface area contributed by atoms with Crippen molar-refractivity contribution in [3.8, 4) is 0 Å². The predicted molar refractivity (Wildman–Crippen MR) is 80.4 cm³/mol. The number of aliphatic hydroxyl groups is 1. The lowest BCUT2D eigenvalue weighted by Gasteiger charge is -2.16. The molecule has 0 spiro atoms. The Morgan fingerprint density at radius 2 is 2.14 bits per heavy atom. The summed E-state index contributed by atoms with van der Waals surface area (Å²) in [5.41, 5.74) is 0.656. The number of ether oxygens (including phenoxy) is 1. The fraction of sp³-hybridized carbons (Fsp3) is 0.600. The standard InChI is InChI=1S/C15H23NO4S/c1-12(17)13-4-3-5-14(10-13)21(18,19)16-11-15(6-7-15)8-9-20-2/h3-5,10,12,16-17H,6-9,11H2,1-2H3. The Morgan fingerprint density at radius 1 is 1.43 bits per heavy atom. The van der Waals surface area contributed by atoms with E-state index in [1.165, 1.54) is 6.07 Å². The Morgan fingerprint density at radius 3 is 2.71 bits per heavy atom. The molecule has 0 heterocycles. The number of hydrogen-bond donors (Lipinski definition) is 2. The second-order valence-corrected chi connectivity index (χ2v) is 7.58. The fourth-order valence-electron chi connectivity index (χ4n) is 2.28. The van der Waals surface area contributed by atoms with Gasteiger partial charge in [-0.15, -0.1) is 0 Å². The molecule has 0 radical (unpaired) electrons. The van der Waals surface area contributed by atoms with Gasteiger partial charge in [-0.1, -0.05) is 12.1 Å². The van der Waals surface area contributed by atoms with Crippen LogP contribution in [-0.2, 0) is 14.8 Å². The van der Waals surface area contributed by atoms with Gasteiger partial charge >= 0.3 is 0 Å². The first-order valence-electron chi connectivity index (χ1n) is 7.15. The van der Waals surface area contributed by atoms with E-state index < -0.39 is 16.1 Å². The molecule has 0 aliphatic heterocycles. The van der Waals surface area contributed by atoms with E-state index in [4.69, 9.17) is 4.74 Å². The number of methoxy groups -OCH3 is 1. The van der Waals surface area contributed by atoms with Crippen molar-refractivity contribution in [3.63, 3.8) is 0 Å². The number of nitrogens with one attached hydrogen (secondary N) is 1. The molecule has 1 aliphatic carbocycles. The largest absolute Gasteiger partial charge is 0.389 e. The molecule has 118 valence electrons. The summed E-state index contributed by atoms with van der Waals surface area (Å²) in [6, 6.07) is 6.42. The Labute approximate surface area is 126 Å². The van der Waals surface area contributed by atoms with Crippen LogP contribution in [0.2, 0.25) is 0 Å². The Balaban J connectivity index is 2.03. The maximum atomic E-state index is 12.3. The van der Waals surface area contributed by atoms with Crippen LogP contribution in [0.15, 0.2) is 29.2 Å². The van der Waals surface area contributed by atoms with Crippen molar-refractivity contribution in [1.29, 1.82) is 0 Å². The molecule has 1 saturated carbocycles. The van der Waals surface area contributed by atoms with Crippen molar-refractivity contribution in [2.45, 2.75) is 37.2 Å². The minimum absolute atomic E-state index is 0.0605. The van der Waals surface area contributed by atoms with E-state index in [0.29, 0.717) is 18.7 Å². The van der Waals surface area contributed by atoms with Crippen LogP contribution in [0.25, 0.3) is 0 Å². The minimum atomic E-state index is -3.54. The van der Waals surface area contributed by atoms with E-state index in [1.807, 2.05) is 0 Å². The molecule has 2 N–H and O–H groups in total. The molecule has 1 aromatic rings. The summed E-state index contributed by atoms with van der Waals surface area (Å²) in [5.74, 6) is 0. The van der Waals surface area contributed by atoms with Crippen LogP contribution in [0.4, 0.5) is 0 Å². The fourth-order valence-corrected chi connectivity index (χ4v) is 3.50. The van der Waals surface area contributed by atoms with Crippen molar-refractivity contribution >= 4 is 10.0 Å². The average molecular weight is 313 g/mol. The molecular formula is C15H23NO4S. The topological polar surface area (TPSA) is 75.6 Å². The molecule has 21 heavy (non-hydrogen) atoms. The van der Waals surface area contributed by atoms with E-state index in [1.54, 1.807) is 32.2 Å². The Kier molecular flexibility index (Phi) is 5.03. The lowest BCUT2D eigenvalue weighted by molar-refractivity contribution is 0.173. The molecule has 1 unspecified atom stereocenters. The van der Waals surface area contributed by atoms with Gasteiger partial charge in [0.2, 0.25) is 10.0 Å². The van der Waals surface area contributed by atoms with Crippen molar-refractivity contribution in [1.82, 2.24) is 4.72 Å². The molecule has 1 aliphatic rings. The summed E-state index contributed by atoms with van der Waals surface area (Å²) in [6.45, 7) is 2.71. The van der Waals surface area contributed by atoms with E-state index in [0.717, 1.165) is 19.3 Å². The highest BCUT2D eigenvalue weighted by atomic mass is 32.2. The van der Waals surface area contributed by atoms with E-state index in [2.05, 4.69) is 4.72 Å². The number of sulfonamides is 1. The molecule has 6 heteroatoms. The average Bonchev–Trinajstić information content (AvgIpc) is 3.24. The quantitative estimate of drug-likeness (QED) is 0.768. The van der Waals surface area contributed by atoms with Gasteiger partial charge in [0.05, 0.1) is 11.0 Å². The summed E-state index contributed by atoms with van der Waals surface area (Å²) in [4.78, 5) is 0.198. The van der Waals surface area contributed by atoms with Gasteiger partial charge in [-0.2, -0.15) is 0 Å². The molecule has 5 nitrogen and oxygen atoms in total. The molecule has 0 amide bonds. The van der Waals surface area contributed by atoms with Crippen LogP contribution in [-0.4, -0.2) is 33.8 Å². The number of rotatable bonds is 8. The summed E-state index contributed by atoms with van der Waals surface area (Å²) in [7, 11) is -1.88. The maximum Gasteiger partial charge on any atom is 0.240 e.